The Balaban J connectivity index is 1.44. The van der Waals surface area contributed by atoms with Gasteiger partial charge in [0.05, 0.1) is 0 Å². The van der Waals surface area contributed by atoms with E-state index in [1.165, 1.54) is 16.7 Å². The van der Waals surface area contributed by atoms with Crippen molar-refractivity contribution >= 4 is 5.91 Å². The average Bonchev–Trinajstić information content (AvgIpc) is 2.75. The molecule has 1 saturated heterocycles. The number of amides is 1. The number of piperazine rings is 1. The molecule has 1 aliphatic heterocycles. The van der Waals surface area contributed by atoms with E-state index in [-0.39, 0.29) is 11.9 Å². The highest BCUT2D eigenvalue weighted by Crippen LogP contribution is 2.24. The summed E-state index contributed by atoms with van der Waals surface area (Å²) in [5.41, 5.74) is 4.76. The van der Waals surface area contributed by atoms with Crippen molar-refractivity contribution in [3.8, 4) is 0 Å². The lowest BCUT2D eigenvalue weighted by Crippen LogP contribution is -2.48. The molecule has 0 aromatic heterocycles. The monoisotopic (exact) mass is 358 g/mol. The number of rotatable bonds is 4. The summed E-state index contributed by atoms with van der Waals surface area (Å²) in [5, 5.41) is 3.54. The number of carbonyl (C=O) groups excluding carboxylic acids is 1. The summed E-state index contributed by atoms with van der Waals surface area (Å²) in [7, 11) is 0. The van der Waals surface area contributed by atoms with Gasteiger partial charge in [0.1, 0.15) is 0 Å². The molecule has 27 heavy (non-hydrogen) atoms. The number of hydrogen-bond acceptors (Lipinski definition) is 2. The molecule has 3 nitrogen and oxygen atoms in total. The molecule has 1 atom stereocenters. The molecule has 0 spiro atoms. The molecule has 2 aromatic rings. The highest BCUT2D eigenvalue weighted by atomic mass is 16.2. The molecule has 0 radical (unpaired) electrons. The molecule has 0 saturated carbocycles. The van der Waals surface area contributed by atoms with Crippen LogP contribution in [0, 0.1) is 0 Å². The average molecular weight is 358 g/mol. The van der Waals surface area contributed by atoms with Crippen molar-refractivity contribution in [3.05, 3.63) is 95.1 Å². The Bertz CT molecular complexity index is 839. The van der Waals surface area contributed by atoms with Crippen molar-refractivity contribution in [3.63, 3.8) is 0 Å². The molecule has 2 aliphatic rings. The first-order valence-electron chi connectivity index (χ1n) is 9.81. The summed E-state index contributed by atoms with van der Waals surface area (Å²) in [5.74, 6) is 0.169. The molecule has 1 amide bonds. The van der Waals surface area contributed by atoms with Crippen molar-refractivity contribution in [1.29, 1.82) is 0 Å². The zero-order valence-corrected chi connectivity index (χ0v) is 15.6. The number of nitrogens with zero attached hydrogens (tertiary/aromatic N) is 1. The summed E-state index contributed by atoms with van der Waals surface area (Å²) in [4.78, 5) is 15.1. The number of nitrogens with one attached hydrogen (secondary N) is 1. The number of benzene rings is 2. The zero-order valence-electron chi connectivity index (χ0n) is 15.6. The van der Waals surface area contributed by atoms with Crippen LogP contribution in [-0.2, 0) is 11.2 Å². The summed E-state index contributed by atoms with van der Waals surface area (Å²) >= 11 is 0. The lowest BCUT2D eigenvalue weighted by molar-refractivity contribution is -0.128. The van der Waals surface area contributed by atoms with E-state index in [0.29, 0.717) is 0 Å². The Morgan fingerprint density at radius 2 is 1.78 bits per heavy atom. The van der Waals surface area contributed by atoms with Gasteiger partial charge in [-0.15, -0.1) is 0 Å². The van der Waals surface area contributed by atoms with Crippen LogP contribution in [0.1, 0.15) is 30.0 Å². The van der Waals surface area contributed by atoms with Crippen LogP contribution in [0.5, 0.6) is 0 Å². The van der Waals surface area contributed by atoms with Crippen molar-refractivity contribution in [2.45, 2.75) is 25.3 Å². The van der Waals surface area contributed by atoms with Crippen LogP contribution < -0.4 is 5.32 Å². The molecule has 3 heteroatoms. The van der Waals surface area contributed by atoms with Gasteiger partial charge < -0.3 is 10.2 Å². The van der Waals surface area contributed by atoms with E-state index >= 15 is 0 Å². The fraction of sp³-hybridized carbons (Fsp3) is 0.292. The molecule has 1 fully saturated rings. The highest BCUT2D eigenvalue weighted by Gasteiger charge is 2.26. The van der Waals surface area contributed by atoms with E-state index in [1.54, 1.807) is 0 Å². The summed E-state index contributed by atoms with van der Waals surface area (Å²) in [6, 6.07) is 21.1. The van der Waals surface area contributed by atoms with Gasteiger partial charge in [0.15, 0.2) is 0 Å². The molecule has 1 N–H and O–H groups in total. The second-order valence-electron chi connectivity index (χ2n) is 7.33. The summed E-state index contributed by atoms with van der Waals surface area (Å²) in [6.07, 6.45) is 7.16. The quantitative estimate of drug-likeness (QED) is 0.894. The Morgan fingerprint density at radius 3 is 2.56 bits per heavy atom. The van der Waals surface area contributed by atoms with Crippen LogP contribution in [-0.4, -0.2) is 30.4 Å². The molecule has 2 aromatic carbocycles. The minimum absolute atomic E-state index is 0.169. The highest BCUT2D eigenvalue weighted by molar-refractivity contribution is 5.96. The summed E-state index contributed by atoms with van der Waals surface area (Å²) in [6.45, 7) is 2.32. The Labute approximate surface area is 161 Å². The topological polar surface area (TPSA) is 32.3 Å². The first-order chi connectivity index (χ1) is 13.3. The Kier molecular flexibility index (Phi) is 5.50. The molecular weight excluding hydrogens is 332 g/mol. The molecule has 4 rings (SSSR count). The standard InChI is InChI=1S/C24H26N2O/c27-24(26-15-14-25-23(18-26)21-11-5-2-6-12-21)22-13-7-10-20(17-22)16-19-8-3-1-4-9-19/h1-6,8-9,11-13,17,23,25H,7,10,14-16,18H2. The van der Waals surface area contributed by atoms with Crippen molar-refractivity contribution in [2.75, 3.05) is 19.6 Å². The van der Waals surface area contributed by atoms with Crippen LogP contribution in [0.4, 0.5) is 0 Å². The number of allylic oxidation sites excluding steroid dienone is 2. The van der Waals surface area contributed by atoms with Crippen molar-refractivity contribution in [1.82, 2.24) is 10.2 Å². The van der Waals surface area contributed by atoms with E-state index in [2.05, 4.69) is 66.0 Å². The fourth-order valence-corrected chi connectivity index (χ4v) is 3.94. The third-order valence-electron chi connectivity index (χ3n) is 5.37. The molecule has 0 bridgehead atoms. The van der Waals surface area contributed by atoms with Gasteiger partial charge in [0, 0.05) is 31.2 Å². The lowest BCUT2D eigenvalue weighted by atomic mass is 9.93. The first kappa shape index (κ1) is 17.7. The number of hydrogen-bond donors (Lipinski definition) is 1. The molecular formula is C24H26N2O. The molecule has 1 heterocycles. The van der Waals surface area contributed by atoms with Crippen LogP contribution in [0.15, 0.2) is 84.0 Å². The van der Waals surface area contributed by atoms with E-state index in [0.717, 1.165) is 44.5 Å². The van der Waals surface area contributed by atoms with E-state index in [9.17, 15) is 4.79 Å². The maximum atomic E-state index is 13.1. The van der Waals surface area contributed by atoms with E-state index in [4.69, 9.17) is 0 Å². The minimum Gasteiger partial charge on any atom is -0.335 e. The maximum absolute atomic E-state index is 13.1. The molecule has 138 valence electrons. The van der Waals surface area contributed by atoms with Gasteiger partial charge in [-0.05, 0) is 30.4 Å². The predicted molar refractivity (Wildman–Crippen MR) is 109 cm³/mol. The Morgan fingerprint density at radius 1 is 1.04 bits per heavy atom. The number of carbonyl (C=O) groups is 1. The summed E-state index contributed by atoms with van der Waals surface area (Å²) < 4.78 is 0. The van der Waals surface area contributed by atoms with Crippen LogP contribution >= 0.6 is 0 Å². The molecule has 1 aliphatic carbocycles. The van der Waals surface area contributed by atoms with Gasteiger partial charge in [-0.25, -0.2) is 0 Å². The van der Waals surface area contributed by atoms with Gasteiger partial charge in [0.2, 0.25) is 0 Å². The maximum Gasteiger partial charge on any atom is 0.253 e. The van der Waals surface area contributed by atoms with Gasteiger partial charge in [-0.2, -0.15) is 0 Å². The normalized spacial score (nSPS) is 20.0. The van der Waals surface area contributed by atoms with Crippen molar-refractivity contribution in [2.24, 2.45) is 0 Å². The first-order valence-corrected chi connectivity index (χ1v) is 9.81. The van der Waals surface area contributed by atoms with Gasteiger partial charge in [0.25, 0.3) is 5.91 Å². The third-order valence-corrected chi connectivity index (χ3v) is 5.37. The van der Waals surface area contributed by atoms with Crippen molar-refractivity contribution < 1.29 is 4.79 Å². The minimum atomic E-state index is 0.169. The van der Waals surface area contributed by atoms with Crippen LogP contribution in [0.3, 0.4) is 0 Å². The zero-order chi connectivity index (χ0) is 18.5. The van der Waals surface area contributed by atoms with Gasteiger partial charge in [-0.3, -0.25) is 4.79 Å². The smallest absolute Gasteiger partial charge is 0.253 e. The van der Waals surface area contributed by atoms with Gasteiger partial charge in [-0.1, -0.05) is 78.4 Å². The lowest BCUT2D eigenvalue weighted by Gasteiger charge is -2.34. The Hall–Kier alpha value is -2.65. The third kappa shape index (κ3) is 4.37. The molecule has 1 unspecified atom stereocenters. The fourth-order valence-electron chi connectivity index (χ4n) is 3.94. The largest absolute Gasteiger partial charge is 0.335 e. The van der Waals surface area contributed by atoms with E-state index < -0.39 is 0 Å². The second-order valence-corrected chi connectivity index (χ2v) is 7.33. The SMILES string of the molecule is O=C(C1=CCCC(Cc2ccccc2)=C1)N1CCNC(c2ccccc2)C1. The second kappa shape index (κ2) is 8.36. The van der Waals surface area contributed by atoms with Crippen LogP contribution in [0.2, 0.25) is 0 Å². The van der Waals surface area contributed by atoms with Crippen LogP contribution in [0.25, 0.3) is 0 Å². The van der Waals surface area contributed by atoms with Gasteiger partial charge >= 0.3 is 0 Å². The predicted octanol–water partition coefficient (Wildman–Crippen LogP) is 4.05. The van der Waals surface area contributed by atoms with E-state index in [1.807, 2.05) is 17.0 Å².